The Morgan fingerprint density at radius 2 is 2.09 bits per heavy atom. The highest BCUT2D eigenvalue weighted by atomic mass is 16.5. The van der Waals surface area contributed by atoms with E-state index in [1.165, 1.54) is 17.7 Å². The fourth-order valence-corrected chi connectivity index (χ4v) is 2.02. The van der Waals surface area contributed by atoms with Gasteiger partial charge in [-0.25, -0.2) is 4.79 Å². The summed E-state index contributed by atoms with van der Waals surface area (Å²) in [5, 5.41) is 18.0. The number of hydrogen-bond acceptors (Lipinski definition) is 4. The number of aromatic carboxylic acids is 1. The van der Waals surface area contributed by atoms with Gasteiger partial charge >= 0.3 is 5.97 Å². The van der Waals surface area contributed by atoms with Gasteiger partial charge < -0.3 is 14.3 Å². The third-order valence-electron chi connectivity index (χ3n) is 3.49. The summed E-state index contributed by atoms with van der Waals surface area (Å²) >= 11 is 0. The zero-order valence-corrected chi connectivity index (χ0v) is 12.5. The first kappa shape index (κ1) is 15.6. The lowest BCUT2D eigenvalue weighted by molar-refractivity contribution is 0.0660. The molecule has 1 atom stereocenters. The van der Waals surface area contributed by atoms with Crippen molar-refractivity contribution in [3.05, 3.63) is 53.0 Å². The van der Waals surface area contributed by atoms with Crippen LogP contribution in [-0.2, 0) is 0 Å². The lowest BCUT2D eigenvalue weighted by Crippen LogP contribution is -2.04. The number of nitrogens with zero attached hydrogens (tertiary/aromatic N) is 1. The molecule has 114 valence electrons. The Morgan fingerprint density at radius 3 is 2.68 bits per heavy atom. The molecule has 0 saturated heterocycles. The predicted octanol–water partition coefficient (Wildman–Crippen LogP) is 3.67. The third kappa shape index (κ3) is 3.67. The van der Waals surface area contributed by atoms with E-state index >= 15 is 0 Å². The Hall–Kier alpha value is -2.74. The molecule has 1 unspecified atom stereocenters. The normalized spacial score (nSPS) is 11.7. The fraction of sp³-hybridized carbons (Fsp3) is 0.294. The van der Waals surface area contributed by atoms with Crippen LogP contribution >= 0.6 is 0 Å². The average molecular weight is 299 g/mol. The summed E-state index contributed by atoms with van der Waals surface area (Å²) < 4.78 is 10.8. The minimum atomic E-state index is -1.14. The van der Waals surface area contributed by atoms with Crippen molar-refractivity contribution in [1.82, 2.24) is 0 Å². The molecule has 0 aliphatic heterocycles. The first-order chi connectivity index (χ1) is 10.5. The van der Waals surface area contributed by atoms with Crippen molar-refractivity contribution < 1.29 is 19.1 Å². The predicted molar refractivity (Wildman–Crippen MR) is 80.0 cm³/mol. The monoisotopic (exact) mass is 299 g/mol. The van der Waals surface area contributed by atoms with Gasteiger partial charge in [-0.05, 0) is 49.2 Å². The van der Waals surface area contributed by atoms with E-state index in [0.717, 1.165) is 11.3 Å². The van der Waals surface area contributed by atoms with Gasteiger partial charge in [0.1, 0.15) is 17.4 Å². The van der Waals surface area contributed by atoms with Gasteiger partial charge in [0.05, 0.1) is 12.7 Å². The van der Waals surface area contributed by atoms with Gasteiger partial charge in [-0.15, -0.1) is 0 Å². The van der Waals surface area contributed by atoms with Crippen LogP contribution in [-0.4, -0.2) is 17.7 Å². The number of aryl methyl sites for hydroxylation is 2. The molecule has 5 nitrogen and oxygen atoms in total. The molecule has 0 amide bonds. The maximum atomic E-state index is 10.8. The lowest BCUT2D eigenvalue weighted by atomic mass is 10.1. The number of furan rings is 1. The van der Waals surface area contributed by atoms with E-state index in [4.69, 9.17) is 14.3 Å². The van der Waals surface area contributed by atoms with Crippen LogP contribution in [0.25, 0.3) is 0 Å². The summed E-state index contributed by atoms with van der Waals surface area (Å²) in [5.41, 5.74) is 2.34. The Labute approximate surface area is 128 Å². The van der Waals surface area contributed by atoms with E-state index in [1.807, 2.05) is 32.0 Å². The minimum Gasteiger partial charge on any atom is -0.494 e. The van der Waals surface area contributed by atoms with Gasteiger partial charge in [0.2, 0.25) is 5.76 Å². The lowest BCUT2D eigenvalue weighted by Gasteiger charge is -2.10. The smallest absolute Gasteiger partial charge is 0.371 e. The van der Waals surface area contributed by atoms with Crippen LogP contribution in [0.2, 0.25) is 0 Å². The Kier molecular flexibility index (Phi) is 4.84. The maximum Gasteiger partial charge on any atom is 0.371 e. The fourth-order valence-electron chi connectivity index (χ4n) is 2.02. The summed E-state index contributed by atoms with van der Waals surface area (Å²) in [7, 11) is 0. The minimum absolute atomic E-state index is 0.162. The van der Waals surface area contributed by atoms with Crippen molar-refractivity contribution in [2.24, 2.45) is 0 Å². The second-order valence-corrected chi connectivity index (χ2v) is 5.07. The third-order valence-corrected chi connectivity index (χ3v) is 3.49. The molecule has 22 heavy (non-hydrogen) atoms. The first-order valence-corrected chi connectivity index (χ1v) is 6.94. The molecule has 1 aromatic carbocycles. The molecule has 2 rings (SSSR count). The number of benzene rings is 1. The molecule has 1 heterocycles. The molecule has 0 aliphatic carbocycles. The zero-order valence-electron chi connectivity index (χ0n) is 12.5. The molecule has 2 aromatic rings. The highest BCUT2D eigenvalue weighted by molar-refractivity contribution is 5.84. The summed E-state index contributed by atoms with van der Waals surface area (Å²) in [6.45, 7) is 4.39. The van der Waals surface area contributed by atoms with Crippen LogP contribution in [0.15, 0.2) is 34.7 Å². The number of carboxylic acid groups (broad SMARTS) is 1. The number of ether oxygens (including phenoxy) is 1. The quantitative estimate of drug-likeness (QED) is 0.879. The molecule has 1 N–H and O–H groups in total. The Balaban J connectivity index is 1.94. The molecule has 1 aromatic heterocycles. The number of nitriles is 1. The van der Waals surface area contributed by atoms with Gasteiger partial charge in [-0.1, -0.05) is 6.07 Å². The summed E-state index contributed by atoms with van der Waals surface area (Å²) in [6.07, 6.45) is 0.427. The molecule has 0 spiro atoms. The van der Waals surface area contributed by atoms with Crippen molar-refractivity contribution in [3.8, 4) is 11.8 Å². The largest absolute Gasteiger partial charge is 0.494 e. The number of hydrogen-bond donors (Lipinski definition) is 1. The van der Waals surface area contributed by atoms with E-state index in [9.17, 15) is 10.1 Å². The summed E-state index contributed by atoms with van der Waals surface area (Å²) in [5.74, 6) is -0.728. The van der Waals surface area contributed by atoms with Gasteiger partial charge in [0, 0.05) is 6.42 Å². The SMILES string of the molecule is Cc1ccc(OCCC(C#N)c2ccc(C(=O)O)o2)cc1C. The van der Waals surface area contributed by atoms with E-state index in [1.54, 1.807) is 0 Å². The van der Waals surface area contributed by atoms with E-state index in [2.05, 4.69) is 6.07 Å². The van der Waals surface area contributed by atoms with Crippen LogP contribution in [0.3, 0.4) is 0 Å². The average Bonchev–Trinajstić information content (AvgIpc) is 2.97. The van der Waals surface area contributed by atoms with E-state index < -0.39 is 11.9 Å². The number of carboxylic acids is 1. The Morgan fingerprint density at radius 1 is 1.32 bits per heavy atom. The second-order valence-electron chi connectivity index (χ2n) is 5.07. The highest BCUT2D eigenvalue weighted by Crippen LogP contribution is 2.23. The van der Waals surface area contributed by atoms with Crippen molar-refractivity contribution >= 4 is 5.97 Å². The van der Waals surface area contributed by atoms with Crippen LogP contribution < -0.4 is 4.74 Å². The van der Waals surface area contributed by atoms with Crippen LogP contribution in [0.5, 0.6) is 5.75 Å². The number of carbonyl (C=O) groups is 1. The molecule has 0 saturated carbocycles. The van der Waals surface area contributed by atoms with Crippen LogP contribution in [0.4, 0.5) is 0 Å². The summed E-state index contributed by atoms with van der Waals surface area (Å²) in [4.78, 5) is 10.8. The highest BCUT2D eigenvalue weighted by Gasteiger charge is 2.17. The molecule has 0 aliphatic rings. The molecular formula is C17H17NO4. The Bertz CT molecular complexity index is 712. The molecule has 5 heteroatoms. The zero-order chi connectivity index (χ0) is 16.1. The maximum absolute atomic E-state index is 10.8. The van der Waals surface area contributed by atoms with Crippen molar-refractivity contribution in [1.29, 1.82) is 5.26 Å². The van der Waals surface area contributed by atoms with Gasteiger partial charge in [0.15, 0.2) is 0 Å². The second kappa shape index (κ2) is 6.81. The molecule has 0 radical (unpaired) electrons. The van der Waals surface area contributed by atoms with E-state index in [-0.39, 0.29) is 5.76 Å². The molecule has 0 fully saturated rings. The van der Waals surface area contributed by atoms with Gasteiger partial charge in [-0.3, -0.25) is 0 Å². The molecular weight excluding hydrogens is 282 g/mol. The van der Waals surface area contributed by atoms with Crippen molar-refractivity contribution in [2.75, 3.05) is 6.61 Å². The van der Waals surface area contributed by atoms with Crippen LogP contribution in [0.1, 0.15) is 39.8 Å². The molecule has 0 bridgehead atoms. The first-order valence-electron chi connectivity index (χ1n) is 6.94. The van der Waals surface area contributed by atoms with Crippen LogP contribution in [0, 0.1) is 25.2 Å². The number of rotatable bonds is 6. The van der Waals surface area contributed by atoms with Crippen molar-refractivity contribution in [2.45, 2.75) is 26.2 Å². The standard InChI is InChI=1S/C17H17NO4/c1-11-3-4-14(9-12(11)2)21-8-7-13(10-18)15-5-6-16(22-15)17(19)20/h3-6,9,13H,7-8H2,1-2H3,(H,19,20). The summed E-state index contributed by atoms with van der Waals surface area (Å²) in [6, 6.07) is 10.8. The van der Waals surface area contributed by atoms with Crippen molar-refractivity contribution in [3.63, 3.8) is 0 Å². The topological polar surface area (TPSA) is 83.5 Å². The van der Waals surface area contributed by atoms with E-state index in [0.29, 0.717) is 18.8 Å². The van der Waals surface area contributed by atoms with Gasteiger partial charge in [0.25, 0.3) is 0 Å². The van der Waals surface area contributed by atoms with Gasteiger partial charge in [-0.2, -0.15) is 5.26 Å².